The molecule has 4 aliphatic rings. The second kappa shape index (κ2) is 4.79. The highest BCUT2D eigenvalue weighted by atomic mass is 16.6. The number of carbonyl (C=O) groups is 1. The molecule has 5 rings (SSSR count). The van der Waals surface area contributed by atoms with Gasteiger partial charge in [-0.25, -0.2) is 0 Å². The SMILES string of the molecule is Cn1cc([N+](=O)[O-])c(C(=O)NC2C3CC4CC(C3)CC2C4)n1. The number of hydrogen-bond donors (Lipinski definition) is 1. The number of hydrogen-bond acceptors (Lipinski definition) is 4. The molecule has 118 valence electrons. The van der Waals surface area contributed by atoms with Crippen LogP contribution >= 0.6 is 0 Å². The molecule has 0 spiro atoms. The summed E-state index contributed by atoms with van der Waals surface area (Å²) in [7, 11) is 1.59. The van der Waals surface area contributed by atoms with E-state index in [0.717, 1.165) is 11.8 Å². The maximum atomic E-state index is 12.5. The molecule has 4 bridgehead atoms. The largest absolute Gasteiger partial charge is 0.347 e. The van der Waals surface area contributed by atoms with E-state index in [2.05, 4.69) is 10.4 Å². The van der Waals surface area contributed by atoms with Crippen LogP contribution in [-0.2, 0) is 7.05 Å². The van der Waals surface area contributed by atoms with Crippen molar-refractivity contribution in [3.8, 4) is 0 Å². The number of nitro groups is 1. The lowest BCUT2D eigenvalue weighted by molar-refractivity contribution is -0.385. The van der Waals surface area contributed by atoms with Crippen molar-refractivity contribution in [1.29, 1.82) is 0 Å². The van der Waals surface area contributed by atoms with E-state index in [4.69, 9.17) is 0 Å². The van der Waals surface area contributed by atoms with Crippen LogP contribution in [0.4, 0.5) is 5.69 Å². The highest BCUT2D eigenvalue weighted by Gasteiger charge is 2.49. The Morgan fingerprint density at radius 1 is 1.27 bits per heavy atom. The fourth-order valence-electron chi connectivity index (χ4n) is 5.15. The van der Waals surface area contributed by atoms with Crippen molar-refractivity contribution >= 4 is 11.6 Å². The van der Waals surface area contributed by atoms with Crippen molar-refractivity contribution in [1.82, 2.24) is 15.1 Å². The van der Waals surface area contributed by atoms with Crippen LogP contribution in [0.15, 0.2) is 6.20 Å². The Kier molecular flexibility index (Phi) is 2.99. The Morgan fingerprint density at radius 2 is 1.86 bits per heavy atom. The zero-order valence-electron chi connectivity index (χ0n) is 12.6. The van der Waals surface area contributed by atoms with Crippen molar-refractivity contribution in [2.45, 2.75) is 38.1 Å². The molecule has 4 saturated carbocycles. The Bertz CT molecular complexity index is 611. The topological polar surface area (TPSA) is 90.1 Å². The summed E-state index contributed by atoms with van der Waals surface area (Å²) in [6, 6.07) is 0.168. The van der Waals surface area contributed by atoms with Crippen molar-refractivity contribution in [2.24, 2.45) is 30.7 Å². The minimum absolute atomic E-state index is 0.0682. The molecule has 4 aliphatic carbocycles. The summed E-state index contributed by atoms with van der Waals surface area (Å²) in [6.45, 7) is 0. The van der Waals surface area contributed by atoms with Gasteiger partial charge in [0, 0.05) is 13.1 Å². The van der Waals surface area contributed by atoms with E-state index < -0.39 is 10.8 Å². The average molecular weight is 304 g/mol. The van der Waals surface area contributed by atoms with E-state index in [9.17, 15) is 14.9 Å². The minimum atomic E-state index is -0.543. The number of carbonyl (C=O) groups excluding carboxylic acids is 1. The van der Waals surface area contributed by atoms with Gasteiger partial charge in [-0.3, -0.25) is 19.6 Å². The molecule has 1 aromatic rings. The quantitative estimate of drug-likeness (QED) is 0.682. The number of aromatic nitrogens is 2. The van der Waals surface area contributed by atoms with Gasteiger partial charge in [0.25, 0.3) is 5.91 Å². The summed E-state index contributed by atoms with van der Waals surface area (Å²) in [5.74, 6) is 2.36. The third-order valence-electron chi connectivity index (χ3n) is 5.75. The molecule has 0 unspecified atom stereocenters. The number of aryl methyl sites for hydroxylation is 1. The fourth-order valence-corrected chi connectivity index (χ4v) is 5.15. The highest BCUT2D eigenvalue weighted by Crippen LogP contribution is 2.53. The van der Waals surface area contributed by atoms with Crippen LogP contribution in [0.25, 0.3) is 0 Å². The van der Waals surface area contributed by atoms with Gasteiger partial charge >= 0.3 is 5.69 Å². The van der Waals surface area contributed by atoms with Gasteiger partial charge in [0.2, 0.25) is 5.69 Å². The third kappa shape index (κ3) is 2.10. The molecule has 0 aliphatic heterocycles. The van der Waals surface area contributed by atoms with E-state index in [1.807, 2.05) is 0 Å². The smallest absolute Gasteiger partial charge is 0.320 e. The standard InChI is InChI=1S/C15H20N4O3/c1-18-7-12(19(21)22)14(17-18)15(20)16-13-10-3-8-2-9(5-10)6-11(13)4-8/h7-11,13H,2-6H2,1H3,(H,16,20). The monoisotopic (exact) mass is 304 g/mol. The average Bonchev–Trinajstić information content (AvgIpc) is 2.84. The Hall–Kier alpha value is -1.92. The molecule has 1 heterocycles. The lowest BCUT2D eigenvalue weighted by Crippen LogP contribution is -2.55. The lowest BCUT2D eigenvalue weighted by Gasteiger charge is -2.54. The van der Waals surface area contributed by atoms with Crippen LogP contribution in [0.2, 0.25) is 0 Å². The molecule has 1 amide bonds. The first-order valence-electron chi connectivity index (χ1n) is 8.00. The lowest BCUT2D eigenvalue weighted by atomic mass is 9.54. The number of rotatable bonds is 3. The van der Waals surface area contributed by atoms with Crippen molar-refractivity contribution in [3.63, 3.8) is 0 Å². The summed E-state index contributed by atoms with van der Waals surface area (Å²) >= 11 is 0. The maximum Gasteiger partial charge on any atom is 0.320 e. The summed E-state index contributed by atoms with van der Waals surface area (Å²) in [5, 5.41) is 18.1. The third-order valence-corrected chi connectivity index (χ3v) is 5.75. The number of nitrogens with zero attached hydrogens (tertiary/aromatic N) is 3. The van der Waals surface area contributed by atoms with Gasteiger partial charge in [-0.15, -0.1) is 0 Å². The van der Waals surface area contributed by atoms with Gasteiger partial charge in [-0.1, -0.05) is 0 Å². The zero-order valence-corrected chi connectivity index (χ0v) is 12.6. The molecule has 7 nitrogen and oxygen atoms in total. The molecule has 7 heteroatoms. The van der Waals surface area contributed by atoms with E-state index in [-0.39, 0.29) is 17.4 Å². The predicted molar refractivity (Wildman–Crippen MR) is 78.2 cm³/mol. The summed E-state index contributed by atoms with van der Waals surface area (Å²) in [4.78, 5) is 23.0. The molecular formula is C15H20N4O3. The molecule has 0 radical (unpaired) electrons. The molecule has 0 aromatic carbocycles. The molecule has 1 aromatic heterocycles. The van der Waals surface area contributed by atoms with Crippen LogP contribution in [0.1, 0.15) is 42.6 Å². The Balaban J connectivity index is 1.54. The molecular weight excluding hydrogens is 284 g/mol. The molecule has 1 N–H and O–H groups in total. The van der Waals surface area contributed by atoms with Crippen LogP contribution in [0.5, 0.6) is 0 Å². The van der Waals surface area contributed by atoms with E-state index in [1.165, 1.54) is 43.0 Å². The van der Waals surface area contributed by atoms with Gasteiger partial charge in [-0.2, -0.15) is 5.10 Å². The van der Waals surface area contributed by atoms with Crippen molar-refractivity contribution in [2.75, 3.05) is 0 Å². The van der Waals surface area contributed by atoms with E-state index in [1.54, 1.807) is 7.05 Å². The first-order valence-corrected chi connectivity index (χ1v) is 8.00. The molecule has 22 heavy (non-hydrogen) atoms. The number of amides is 1. The van der Waals surface area contributed by atoms with Crippen molar-refractivity contribution in [3.05, 3.63) is 22.0 Å². The zero-order chi connectivity index (χ0) is 15.4. The van der Waals surface area contributed by atoms with E-state index in [0.29, 0.717) is 11.8 Å². The number of nitrogens with one attached hydrogen (secondary N) is 1. The molecule has 0 atom stereocenters. The predicted octanol–water partition coefficient (Wildman–Crippen LogP) is 1.88. The summed E-state index contributed by atoms with van der Waals surface area (Å²) in [5.41, 5.74) is -0.287. The van der Waals surface area contributed by atoms with Crippen LogP contribution < -0.4 is 5.32 Å². The first-order chi connectivity index (χ1) is 10.5. The highest BCUT2D eigenvalue weighted by molar-refractivity contribution is 5.96. The Labute approximate surface area is 128 Å². The van der Waals surface area contributed by atoms with Crippen LogP contribution in [0, 0.1) is 33.8 Å². The van der Waals surface area contributed by atoms with Crippen LogP contribution in [-0.4, -0.2) is 26.7 Å². The first kappa shape index (κ1) is 13.7. The minimum Gasteiger partial charge on any atom is -0.347 e. The normalized spacial score (nSPS) is 35.6. The van der Waals surface area contributed by atoms with Crippen molar-refractivity contribution < 1.29 is 9.72 Å². The molecule has 0 saturated heterocycles. The second-order valence-electron chi connectivity index (χ2n) is 7.22. The van der Waals surface area contributed by atoms with Gasteiger partial charge in [0.05, 0.1) is 4.92 Å². The maximum absolute atomic E-state index is 12.5. The van der Waals surface area contributed by atoms with Gasteiger partial charge in [0.15, 0.2) is 0 Å². The van der Waals surface area contributed by atoms with E-state index >= 15 is 0 Å². The second-order valence-corrected chi connectivity index (χ2v) is 7.22. The van der Waals surface area contributed by atoms with Gasteiger partial charge in [0.1, 0.15) is 6.20 Å². The Morgan fingerprint density at radius 3 is 2.41 bits per heavy atom. The van der Waals surface area contributed by atoms with Gasteiger partial charge < -0.3 is 5.32 Å². The fraction of sp³-hybridized carbons (Fsp3) is 0.733. The molecule has 4 fully saturated rings. The van der Waals surface area contributed by atoms with Crippen LogP contribution in [0.3, 0.4) is 0 Å². The summed E-state index contributed by atoms with van der Waals surface area (Å²) in [6.07, 6.45) is 7.43. The summed E-state index contributed by atoms with van der Waals surface area (Å²) < 4.78 is 1.32. The van der Waals surface area contributed by atoms with Gasteiger partial charge in [-0.05, 0) is 55.8 Å².